The number of ether oxygens (including phenoxy) is 2. The quantitative estimate of drug-likeness (QED) is 0.570. The fourth-order valence-electron chi connectivity index (χ4n) is 3.53. The molecule has 0 spiro atoms. The van der Waals surface area contributed by atoms with Crippen LogP contribution in [0.5, 0.6) is 5.75 Å². The van der Waals surface area contributed by atoms with E-state index in [1.54, 1.807) is 43.3 Å². The second-order valence-electron chi connectivity index (χ2n) is 7.93. The van der Waals surface area contributed by atoms with Gasteiger partial charge in [-0.25, -0.2) is 13.2 Å². The first kappa shape index (κ1) is 25.2. The van der Waals surface area contributed by atoms with E-state index in [1.807, 2.05) is 6.07 Å². The van der Waals surface area contributed by atoms with Crippen molar-refractivity contribution in [3.05, 3.63) is 53.6 Å². The van der Waals surface area contributed by atoms with Crippen molar-refractivity contribution in [1.82, 2.24) is 4.31 Å². The van der Waals surface area contributed by atoms with Crippen molar-refractivity contribution in [1.29, 1.82) is 5.26 Å². The molecule has 0 radical (unpaired) electrons. The van der Waals surface area contributed by atoms with Gasteiger partial charge in [-0.3, -0.25) is 4.79 Å². The summed E-state index contributed by atoms with van der Waals surface area (Å²) in [5.41, 5.74) is 1.35. The summed E-state index contributed by atoms with van der Waals surface area (Å²) < 4.78 is 38.0. The van der Waals surface area contributed by atoms with Gasteiger partial charge in [-0.15, -0.1) is 0 Å². The van der Waals surface area contributed by atoms with Crippen LogP contribution >= 0.6 is 0 Å². The van der Waals surface area contributed by atoms with Crippen LogP contribution in [0.25, 0.3) is 0 Å². The Labute approximate surface area is 199 Å². The van der Waals surface area contributed by atoms with E-state index in [0.29, 0.717) is 35.7 Å². The molecule has 0 bridgehead atoms. The van der Waals surface area contributed by atoms with Gasteiger partial charge in [0, 0.05) is 18.8 Å². The molecule has 0 saturated carbocycles. The third kappa shape index (κ3) is 6.79. The lowest BCUT2D eigenvalue weighted by atomic mass is 10.2. The predicted molar refractivity (Wildman–Crippen MR) is 125 cm³/mol. The summed E-state index contributed by atoms with van der Waals surface area (Å²) in [6.07, 6.45) is 3.68. The van der Waals surface area contributed by atoms with Crippen LogP contribution in [0.4, 0.5) is 5.69 Å². The molecule has 0 atom stereocenters. The molecule has 10 heteroatoms. The Morgan fingerprint density at radius 3 is 2.35 bits per heavy atom. The van der Waals surface area contributed by atoms with Gasteiger partial charge in [0.05, 0.1) is 16.5 Å². The van der Waals surface area contributed by atoms with Gasteiger partial charge in [-0.2, -0.15) is 9.57 Å². The van der Waals surface area contributed by atoms with Crippen molar-refractivity contribution in [2.24, 2.45) is 0 Å². The molecular weight excluding hydrogens is 458 g/mol. The van der Waals surface area contributed by atoms with Gasteiger partial charge in [-0.05, 0) is 61.7 Å². The molecule has 0 unspecified atom stereocenters. The number of nitriles is 1. The lowest BCUT2D eigenvalue weighted by Crippen LogP contribution is -2.32. The van der Waals surface area contributed by atoms with E-state index in [-0.39, 0.29) is 4.90 Å². The Balaban J connectivity index is 1.54. The Hall–Kier alpha value is -3.42. The minimum Gasteiger partial charge on any atom is -0.482 e. The Morgan fingerprint density at radius 1 is 1.03 bits per heavy atom. The number of amides is 1. The van der Waals surface area contributed by atoms with Gasteiger partial charge in [0.2, 0.25) is 10.0 Å². The van der Waals surface area contributed by atoms with Crippen LogP contribution in [-0.4, -0.2) is 50.9 Å². The molecule has 1 aliphatic heterocycles. The van der Waals surface area contributed by atoms with Crippen LogP contribution in [0.1, 0.15) is 36.8 Å². The van der Waals surface area contributed by atoms with Crippen molar-refractivity contribution in [2.75, 3.05) is 31.6 Å². The smallest absolute Gasteiger partial charge is 0.344 e. The number of hydrogen-bond donors (Lipinski definition) is 1. The number of sulfonamides is 1. The van der Waals surface area contributed by atoms with Gasteiger partial charge in [-0.1, -0.05) is 18.9 Å². The van der Waals surface area contributed by atoms with Crippen LogP contribution in [0.2, 0.25) is 0 Å². The maximum absolute atomic E-state index is 13.2. The Bertz CT molecular complexity index is 1160. The standard InChI is InChI=1S/C24H27N3O6S/c1-18-6-9-20(14-22(18)34(30,31)27-12-4-2-3-5-13-27)26-23(28)16-33-24(29)17-32-21-10-7-19(15-25)8-11-21/h6-11,14H,2-5,12-13,16-17H2,1H3,(H,26,28). The number of hydrogen-bond acceptors (Lipinski definition) is 7. The van der Waals surface area contributed by atoms with Gasteiger partial charge in [0.1, 0.15) is 5.75 Å². The number of aryl methyl sites for hydroxylation is 1. The third-order valence-electron chi connectivity index (χ3n) is 5.36. The molecule has 1 aliphatic rings. The summed E-state index contributed by atoms with van der Waals surface area (Å²) in [7, 11) is -3.68. The fraction of sp³-hybridized carbons (Fsp3) is 0.375. The summed E-state index contributed by atoms with van der Waals surface area (Å²) in [6.45, 7) is 1.74. The monoisotopic (exact) mass is 485 g/mol. The van der Waals surface area contributed by atoms with Crippen molar-refractivity contribution in [3.8, 4) is 11.8 Å². The molecule has 1 heterocycles. The molecule has 2 aromatic rings. The number of carbonyl (C=O) groups is 2. The van der Waals surface area contributed by atoms with Crippen LogP contribution in [0.15, 0.2) is 47.4 Å². The Kier molecular flexibility index (Phi) is 8.62. The lowest BCUT2D eigenvalue weighted by molar-refractivity contribution is -0.149. The topological polar surface area (TPSA) is 126 Å². The molecular formula is C24H27N3O6S. The van der Waals surface area contributed by atoms with Crippen molar-refractivity contribution in [3.63, 3.8) is 0 Å². The summed E-state index contributed by atoms with van der Waals surface area (Å²) in [4.78, 5) is 24.3. The van der Waals surface area contributed by atoms with E-state index >= 15 is 0 Å². The third-order valence-corrected chi connectivity index (χ3v) is 7.40. The molecule has 1 amide bonds. The molecule has 1 fully saturated rings. The first-order valence-electron chi connectivity index (χ1n) is 11.0. The van der Waals surface area contributed by atoms with E-state index in [2.05, 4.69) is 5.32 Å². The van der Waals surface area contributed by atoms with Crippen LogP contribution < -0.4 is 10.1 Å². The molecule has 3 rings (SSSR count). The number of anilines is 1. The van der Waals surface area contributed by atoms with E-state index < -0.39 is 35.1 Å². The van der Waals surface area contributed by atoms with Gasteiger partial charge in [0.15, 0.2) is 13.2 Å². The summed E-state index contributed by atoms with van der Waals surface area (Å²) in [6, 6.07) is 12.9. The first-order chi connectivity index (χ1) is 16.3. The van der Waals surface area contributed by atoms with Crippen molar-refractivity contribution >= 4 is 27.6 Å². The number of carbonyl (C=O) groups excluding carboxylic acids is 2. The van der Waals surface area contributed by atoms with Gasteiger partial charge < -0.3 is 14.8 Å². The zero-order chi connectivity index (χ0) is 24.6. The molecule has 2 aromatic carbocycles. The minimum atomic E-state index is -3.68. The summed E-state index contributed by atoms with van der Waals surface area (Å²) in [5.74, 6) is -0.959. The number of nitrogens with zero attached hydrogens (tertiary/aromatic N) is 2. The van der Waals surface area contributed by atoms with Crippen molar-refractivity contribution in [2.45, 2.75) is 37.5 Å². The summed E-state index contributed by atoms with van der Waals surface area (Å²) in [5, 5.41) is 11.3. The maximum atomic E-state index is 13.2. The number of rotatable bonds is 8. The molecule has 1 saturated heterocycles. The van der Waals surface area contributed by atoms with E-state index in [1.165, 1.54) is 10.4 Å². The fourth-order valence-corrected chi connectivity index (χ4v) is 5.30. The second-order valence-corrected chi connectivity index (χ2v) is 9.84. The van der Waals surface area contributed by atoms with E-state index in [9.17, 15) is 18.0 Å². The lowest BCUT2D eigenvalue weighted by Gasteiger charge is -2.21. The van der Waals surface area contributed by atoms with Gasteiger partial charge in [0.25, 0.3) is 5.91 Å². The second kappa shape index (κ2) is 11.6. The summed E-state index contributed by atoms with van der Waals surface area (Å²) >= 11 is 0. The molecule has 34 heavy (non-hydrogen) atoms. The van der Waals surface area contributed by atoms with E-state index in [4.69, 9.17) is 14.7 Å². The predicted octanol–water partition coefficient (Wildman–Crippen LogP) is 2.99. The normalized spacial score (nSPS) is 14.5. The zero-order valence-corrected chi connectivity index (χ0v) is 19.8. The highest BCUT2D eigenvalue weighted by molar-refractivity contribution is 7.89. The number of esters is 1. The Morgan fingerprint density at radius 2 is 1.71 bits per heavy atom. The van der Waals surface area contributed by atoms with E-state index in [0.717, 1.165) is 25.7 Å². The number of benzene rings is 2. The maximum Gasteiger partial charge on any atom is 0.344 e. The van der Waals surface area contributed by atoms with Crippen LogP contribution in [-0.2, 0) is 24.3 Å². The largest absolute Gasteiger partial charge is 0.482 e. The molecule has 9 nitrogen and oxygen atoms in total. The molecule has 0 aromatic heterocycles. The molecule has 180 valence electrons. The highest BCUT2D eigenvalue weighted by Gasteiger charge is 2.27. The number of nitrogens with one attached hydrogen (secondary N) is 1. The van der Waals surface area contributed by atoms with Gasteiger partial charge >= 0.3 is 5.97 Å². The highest BCUT2D eigenvalue weighted by Crippen LogP contribution is 2.25. The van der Waals surface area contributed by atoms with Crippen LogP contribution in [0, 0.1) is 18.3 Å². The average molecular weight is 486 g/mol. The SMILES string of the molecule is Cc1ccc(NC(=O)COC(=O)COc2ccc(C#N)cc2)cc1S(=O)(=O)N1CCCCCC1. The average Bonchev–Trinajstić information content (AvgIpc) is 3.13. The van der Waals surface area contributed by atoms with Crippen LogP contribution in [0.3, 0.4) is 0 Å². The molecule has 1 N–H and O–H groups in total. The van der Waals surface area contributed by atoms with Crippen molar-refractivity contribution < 1.29 is 27.5 Å². The molecule has 0 aliphatic carbocycles. The first-order valence-corrected chi connectivity index (χ1v) is 12.4. The highest BCUT2D eigenvalue weighted by atomic mass is 32.2. The minimum absolute atomic E-state index is 0.153. The zero-order valence-electron chi connectivity index (χ0n) is 19.0.